The normalized spacial score (nSPS) is 16.3. The molecule has 2 amide bonds. The van der Waals surface area contributed by atoms with Gasteiger partial charge in [-0.2, -0.15) is 0 Å². The summed E-state index contributed by atoms with van der Waals surface area (Å²) in [5.74, 6) is 1.27. The first kappa shape index (κ1) is 21.9. The van der Waals surface area contributed by atoms with Gasteiger partial charge in [0.25, 0.3) is 0 Å². The van der Waals surface area contributed by atoms with Crippen LogP contribution in [0.1, 0.15) is 52.1 Å². The molecule has 1 aromatic rings. The fourth-order valence-corrected chi connectivity index (χ4v) is 3.24. The van der Waals surface area contributed by atoms with Crippen molar-refractivity contribution in [3.05, 3.63) is 23.8 Å². The molecule has 2 rings (SSSR count). The molecule has 0 radical (unpaired) electrons. The minimum atomic E-state index is -0.517. The van der Waals surface area contributed by atoms with Crippen LogP contribution in [-0.2, 0) is 9.53 Å². The number of ether oxygens (including phenoxy) is 3. The molecule has 1 saturated heterocycles. The lowest BCUT2D eigenvalue weighted by Crippen LogP contribution is -2.45. The second-order valence-electron chi connectivity index (χ2n) is 8.08. The highest BCUT2D eigenvalue weighted by Gasteiger charge is 2.30. The summed E-state index contributed by atoms with van der Waals surface area (Å²) in [6, 6.07) is 5.30. The predicted molar refractivity (Wildman–Crippen MR) is 107 cm³/mol. The van der Waals surface area contributed by atoms with Crippen molar-refractivity contribution in [2.24, 2.45) is 5.92 Å². The highest BCUT2D eigenvalue weighted by molar-refractivity contribution is 5.79. The summed E-state index contributed by atoms with van der Waals surface area (Å²) >= 11 is 0. The summed E-state index contributed by atoms with van der Waals surface area (Å²) in [7, 11) is 3.21. The van der Waals surface area contributed by atoms with Crippen molar-refractivity contribution in [1.82, 2.24) is 10.2 Å². The molecule has 1 aromatic carbocycles. The first-order chi connectivity index (χ1) is 13.1. The largest absolute Gasteiger partial charge is 0.497 e. The molecular formula is C21H32N2O5. The van der Waals surface area contributed by atoms with E-state index in [9.17, 15) is 9.59 Å². The number of amides is 2. The molecule has 0 unspecified atom stereocenters. The lowest BCUT2D eigenvalue weighted by atomic mass is 9.95. The smallest absolute Gasteiger partial charge is 0.410 e. The van der Waals surface area contributed by atoms with Crippen LogP contribution >= 0.6 is 0 Å². The van der Waals surface area contributed by atoms with E-state index in [2.05, 4.69) is 5.32 Å². The number of methoxy groups -OCH3 is 2. The number of nitrogens with one attached hydrogen (secondary N) is 1. The number of carbonyl (C=O) groups excluding carboxylic acids is 2. The molecule has 0 bridgehead atoms. The van der Waals surface area contributed by atoms with Crippen LogP contribution in [0.5, 0.6) is 11.5 Å². The van der Waals surface area contributed by atoms with Crippen molar-refractivity contribution in [2.45, 2.75) is 52.2 Å². The van der Waals surface area contributed by atoms with Gasteiger partial charge in [0.15, 0.2) is 0 Å². The van der Waals surface area contributed by atoms with Gasteiger partial charge in [-0.25, -0.2) is 4.79 Å². The van der Waals surface area contributed by atoms with E-state index in [1.165, 1.54) is 0 Å². The van der Waals surface area contributed by atoms with Gasteiger partial charge in [-0.15, -0.1) is 0 Å². The second kappa shape index (κ2) is 9.17. The maximum Gasteiger partial charge on any atom is 0.410 e. The van der Waals surface area contributed by atoms with E-state index >= 15 is 0 Å². The molecule has 7 nitrogen and oxygen atoms in total. The molecule has 1 N–H and O–H groups in total. The Kier molecular flexibility index (Phi) is 7.16. The molecule has 0 aliphatic carbocycles. The Morgan fingerprint density at radius 2 is 1.79 bits per heavy atom. The predicted octanol–water partition coefficient (Wildman–Crippen LogP) is 3.53. The first-order valence-corrected chi connectivity index (χ1v) is 9.65. The summed E-state index contributed by atoms with van der Waals surface area (Å²) in [6.07, 6.45) is 0.918. The fraction of sp³-hybridized carbons (Fsp3) is 0.619. The molecule has 0 aromatic heterocycles. The van der Waals surface area contributed by atoms with Crippen LogP contribution in [0, 0.1) is 5.92 Å². The molecule has 28 heavy (non-hydrogen) atoms. The van der Waals surface area contributed by atoms with Gasteiger partial charge in [0, 0.05) is 24.6 Å². The van der Waals surface area contributed by atoms with Crippen molar-refractivity contribution < 1.29 is 23.8 Å². The molecule has 1 aliphatic rings. The Balaban J connectivity index is 1.93. The molecule has 0 spiro atoms. The number of carbonyl (C=O) groups is 2. The fourth-order valence-electron chi connectivity index (χ4n) is 3.24. The maximum atomic E-state index is 12.7. The van der Waals surface area contributed by atoms with Crippen LogP contribution in [0.25, 0.3) is 0 Å². The van der Waals surface area contributed by atoms with Gasteiger partial charge >= 0.3 is 6.09 Å². The minimum absolute atomic E-state index is 0.0128. The van der Waals surface area contributed by atoms with Gasteiger partial charge < -0.3 is 24.4 Å². The zero-order valence-corrected chi connectivity index (χ0v) is 17.7. The lowest BCUT2D eigenvalue weighted by molar-refractivity contribution is -0.127. The van der Waals surface area contributed by atoms with Crippen LogP contribution < -0.4 is 14.8 Å². The summed E-state index contributed by atoms with van der Waals surface area (Å²) in [6.45, 7) is 8.50. The second-order valence-corrected chi connectivity index (χ2v) is 8.08. The van der Waals surface area contributed by atoms with Crippen molar-refractivity contribution in [3.63, 3.8) is 0 Å². The van der Waals surface area contributed by atoms with Crippen LogP contribution in [0.15, 0.2) is 18.2 Å². The molecule has 1 fully saturated rings. The van der Waals surface area contributed by atoms with Crippen LogP contribution in [0.4, 0.5) is 4.79 Å². The topological polar surface area (TPSA) is 77.1 Å². The zero-order valence-electron chi connectivity index (χ0n) is 17.7. The van der Waals surface area contributed by atoms with Crippen molar-refractivity contribution in [2.75, 3.05) is 27.3 Å². The van der Waals surface area contributed by atoms with E-state index in [4.69, 9.17) is 14.2 Å². The number of likely N-dealkylation sites (tertiary alicyclic amines) is 1. The highest BCUT2D eigenvalue weighted by atomic mass is 16.6. The molecule has 156 valence electrons. The zero-order chi connectivity index (χ0) is 20.9. The van der Waals surface area contributed by atoms with Gasteiger partial charge in [-0.05, 0) is 58.7 Å². The molecule has 1 aliphatic heterocycles. The van der Waals surface area contributed by atoms with E-state index in [0.29, 0.717) is 37.4 Å². The monoisotopic (exact) mass is 392 g/mol. The molecule has 1 atom stereocenters. The molecular weight excluding hydrogens is 360 g/mol. The Bertz CT molecular complexity index is 691. The van der Waals surface area contributed by atoms with E-state index in [1.54, 1.807) is 19.1 Å². The lowest BCUT2D eigenvalue weighted by Gasteiger charge is -2.33. The average Bonchev–Trinajstić information content (AvgIpc) is 2.66. The molecule has 0 saturated carbocycles. The van der Waals surface area contributed by atoms with Crippen molar-refractivity contribution in [3.8, 4) is 11.5 Å². The molecule has 1 heterocycles. The van der Waals surface area contributed by atoms with Crippen molar-refractivity contribution >= 4 is 12.0 Å². The van der Waals surface area contributed by atoms with E-state index in [1.807, 2.05) is 45.9 Å². The van der Waals surface area contributed by atoms with Crippen LogP contribution in [-0.4, -0.2) is 49.8 Å². The third kappa shape index (κ3) is 5.78. The van der Waals surface area contributed by atoms with Gasteiger partial charge in [0.1, 0.15) is 17.1 Å². The Morgan fingerprint density at radius 1 is 1.14 bits per heavy atom. The Morgan fingerprint density at radius 3 is 2.32 bits per heavy atom. The van der Waals surface area contributed by atoms with Gasteiger partial charge in [0.2, 0.25) is 5.91 Å². The highest BCUT2D eigenvalue weighted by Crippen LogP contribution is 2.30. The number of hydrogen-bond donors (Lipinski definition) is 1. The number of nitrogens with zero attached hydrogens (tertiary/aromatic N) is 1. The third-order valence-electron chi connectivity index (χ3n) is 4.78. The summed E-state index contributed by atoms with van der Waals surface area (Å²) in [4.78, 5) is 26.6. The maximum absolute atomic E-state index is 12.7. The van der Waals surface area contributed by atoms with Crippen molar-refractivity contribution in [1.29, 1.82) is 0 Å². The SMILES string of the molecule is COc1ccc(OC)c([C@@H](C)NC(=O)C2CCN(C(=O)OC(C)(C)C)CC2)c1. The first-order valence-electron chi connectivity index (χ1n) is 9.65. The number of hydrogen-bond acceptors (Lipinski definition) is 5. The van der Waals surface area contributed by atoms with Gasteiger partial charge in [-0.1, -0.05) is 0 Å². The average molecular weight is 392 g/mol. The van der Waals surface area contributed by atoms with Gasteiger partial charge in [-0.3, -0.25) is 4.79 Å². The Labute approximate surface area is 167 Å². The third-order valence-corrected chi connectivity index (χ3v) is 4.78. The van der Waals surface area contributed by atoms with E-state index < -0.39 is 5.60 Å². The number of piperidine rings is 1. The summed E-state index contributed by atoms with van der Waals surface area (Å²) in [5, 5.41) is 3.07. The quantitative estimate of drug-likeness (QED) is 0.829. The van der Waals surface area contributed by atoms with Crippen LogP contribution in [0.3, 0.4) is 0 Å². The van der Waals surface area contributed by atoms with E-state index in [0.717, 1.165) is 5.56 Å². The number of benzene rings is 1. The molecule has 7 heteroatoms. The summed E-state index contributed by atoms with van der Waals surface area (Å²) < 4.78 is 16.1. The minimum Gasteiger partial charge on any atom is -0.497 e. The van der Waals surface area contributed by atoms with Crippen LogP contribution in [0.2, 0.25) is 0 Å². The summed E-state index contributed by atoms with van der Waals surface area (Å²) in [5.41, 5.74) is 0.345. The van der Waals surface area contributed by atoms with Gasteiger partial charge in [0.05, 0.1) is 20.3 Å². The number of rotatable bonds is 5. The Hall–Kier alpha value is -2.44. The van der Waals surface area contributed by atoms with E-state index in [-0.39, 0.29) is 24.0 Å². The standard InChI is InChI=1S/C21H32N2O5/c1-14(17-13-16(26-5)7-8-18(17)27-6)22-19(24)15-9-11-23(12-10-15)20(25)28-21(2,3)4/h7-8,13-15H,9-12H2,1-6H3,(H,22,24)/t14-/m1/s1.